The van der Waals surface area contributed by atoms with E-state index in [0.717, 1.165) is 0 Å². The minimum absolute atomic E-state index is 0.339. The predicted molar refractivity (Wildman–Crippen MR) is 103 cm³/mol. The Balaban J connectivity index is 1.90. The quantitative estimate of drug-likeness (QED) is 0.539. The Morgan fingerprint density at radius 1 is 1.00 bits per heavy atom. The number of hydrogen-bond acceptors (Lipinski definition) is 5. The molecule has 27 heavy (non-hydrogen) atoms. The van der Waals surface area contributed by atoms with Gasteiger partial charge in [0, 0.05) is 11.1 Å². The molecule has 2 aromatic carbocycles. The summed E-state index contributed by atoms with van der Waals surface area (Å²) in [4.78, 5) is 8.42. The highest BCUT2D eigenvalue weighted by Gasteiger charge is 2.29. The molecule has 0 radical (unpaired) electrons. The molecule has 0 amide bonds. The molecule has 0 saturated heterocycles. The third-order valence-electron chi connectivity index (χ3n) is 4.40. The Labute approximate surface area is 156 Å². The first kappa shape index (κ1) is 16.8. The van der Waals surface area contributed by atoms with Gasteiger partial charge in [-0.05, 0) is 6.92 Å². The highest BCUT2D eigenvalue weighted by Crippen LogP contribution is 2.29. The minimum atomic E-state index is -1.49. The Hall–Kier alpha value is -3.69. The molecule has 6 heteroatoms. The van der Waals surface area contributed by atoms with Crippen LogP contribution in [-0.4, -0.2) is 24.7 Å². The van der Waals surface area contributed by atoms with Crippen LogP contribution < -0.4 is 5.73 Å². The summed E-state index contributed by atoms with van der Waals surface area (Å²) in [6, 6.07) is 18.6. The average Bonchev–Trinajstić information content (AvgIpc) is 3.17. The van der Waals surface area contributed by atoms with Gasteiger partial charge in [-0.15, -0.1) is 0 Å². The first-order chi connectivity index (χ1) is 13.1. The van der Waals surface area contributed by atoms with E-state index < -0.39 is 5.60 Å². The van der Waals surface area contributed by atoms with E-state index in [1.165, 1.54) is 10.8 Å². The first-order valence-electron chi connectivity index (χ1n) is 8.42. The van der Waals surface area contributed by atoms with Gasteiger partial charge in [-0.25, -0.2) is 4.98 Å². The Kier molecular flexibility index (Phi) is 4.07. The van der Waals surface area contributed by atoms with E-state index in [2.05, 4.69) is 26.9 Å². The van der Waals surface area contributed by atoms with Gasteiger partial charge in [0.05, 0.1) is 11.3 Å². The Morgan fingerprint density at radius 3 is 2.19 bits per heavy atom. The molecule has 2 heterocycles. The summed E-state index contributed by atoms with van der Waals surface area (Å²) in [5.74, 6) is 6.78. The number of anilines is 1. The summed E-state index contributed by atoms with van der Waals surface area (Å²) in [6.45, 7) is 1.80. The van der Waals surface area contributed by atoms with Gasteiger partial charge in [0.2, 0.25) is 0 Å². The normalized spacial score (nSPS) is 11.2. The number of nitrogens with zero attached hydrogens (tertiary/aromatic N) is 4. The molecule has 4 aromatic rings. The molecule has 0 fully saturated rings. The van der Waals surface area contributed by atoms with Gasteiger partial charge in [0.15, 0.2) is 5.60 Å². The van der Waals surface area contributed by atoms with Crippen LogP contribution in [0.2, 0.25) is 0 Å². The van der Waals surface area contributed by atoms with Gasteiger partial charge in [-0.1, -0.05) is 72.5 Å². The van der Waals surface area contributed by atoms with Crippen molar-refractivity contribution in [3.63, 3.8) is 0 Å². The van der Waals surface area contributed by atoms with Crippen LogP contribution >= 0.6 is 0 Å². The summed E-state index contributed by atoms with van der Waals surface area (Å²) in [5, 5.41) is 15.6. The summed E-state index contributed by atoms with van der Waals surface area (Å²) in [6.07, 6.45) is 1.39. The van der Waals surface area contributed by atoms with Crippen LogP contribution in [0.25, 0.3) is 5.78 Å². The van der Waals surface area contributed by atoms with Crippen molar-refractivity contribution in [1.29, 1.82) is 0 Å². The third kappa shape index (κ3) is 2.90. The number of aryl methyl sites for hydroxylation is 1. The number of aliphatic hydroxyl groups is 1. The van der Waals surface area contributed by atoms with E-state index in [0.29, 0.717) is 34.0 Å². The van der Waals surface area contributed by atoms with E-state index in [-0.39, 0.29) is 0 Å². The summed E-state index contributed by atoms with van der Waals surface area (Å²) < 4.78 is 1.43. The average molecular weight is 355 g/mol. The van der Waals surface area contributed by atoms with Crippen LogP contribution in [0.5, 0.6) is 0 Å². The zero-order valence-corrected chi connectivity index (χ0v) is 14.7. The molecule has 0 saturated carbocycles. The largest absolute Gasteiger partial charge is 0.382 e. The molecule has 2 aromatic heterocycles. The van der Waals surface area contributed by atoms with E-state index in [1.807, 2.05) is 60.7 Å². The van der Waals surface area contributed by atoms with Crippen LogP contribution in [0.1, 0.15) is 22.4 Å². The lowest BCUT2D eigenvalue weighted by Gasteiger charge is -2.23. The second kappa shape index (κ2) is 6.56. The molecule has 0 spiro atoms. The van der Waals surface area contributed by atoms with Gasteiger partial charge in [0.1, 0.15) is 12.1 Å². The number of benzene rings is 2. The fourth-order valence-corrected chi connectivity index (χ4v) is 2.96. The van der Waals surface area contributed by atoms with Crippen LogP contribution in [0.3, 0.4) is 0 Å². The number of hydrogen-bond donors (Lipinski definition) is 2. The maximum atomic E-state index is 11.5. The lowest BCUT2D eigenvalue weighted by Crippen LogP contribution is -2.25. The molecular formula is C21H17N5O. The molecule has 0 bridgehead atoms. The molecule has 132 valence electrons. The van der Waals surface area contributed by atoms with Gasteiger partial charge < -0.3 is 10.8 Å². The van der Waals surface area contributed by atoms with Crippen molar-refractivity contribution in [1.82, 2.24) is 19.6 Å². The van der Waals surface area contributed by atoms with Crippen molar-refractivity contribution in [3.05, 3.63) is 89.4 Å². The zero-order chi connectivity index (χ0) is 18.9. The van der Waals surface area contributed by atoms with Gasteiger partial charge in [-0.3, -0.25) is 0 Å². The van der Waals surface area contributed by atoms with Crippen molar-refractivity contribution in [2.45, 2.75) is 12.5 Å². The zero-order valence-electron chi connectivity index (χ0n) is 14.7. The molecule has 6 nitrogen and oxygen atoms in total. The highest BCUT2D eigenvalue weighted by molar-refractivity contribution is 5.59. The molecule has 4 rings (SSSR count). The van der Waals surface area contributed by atoms with Crippen LogP contribution in [0.4, 0.5) is 5.82 Å². The minimum Gasteiger partial charge on any atom is -0.382 e. The summed E-state index contributed by atoms with van der Waals surface area (Å²) in [5.41, 5.74) is 7.21. The lowest BCUT2D eigenvalue weighted by molar-refractivity contribution is 0.145. The molecular weight excluding hydrogens is 338 g/mol. The van der Waals surface area contributed by atoms with Crippen LogP contribution in [0.15, 0.2) is 67.0 Å². The first-order valence-corrected chi connectivity index (χ1v) is 8.42. The predicted octanol–water partition coefficient (Wildman–Crippen LogP) is 2.30. The van der Waals surface area contributed by atoms with Crippen molar-refractivity contribution in [2.75, 3.05) is 5.73 Å². The molecule has 0 aliphatic carbocycles. The van der Waals surface area contributed by atoms with Crippen LogP contribution in [0, 0.1) is 18.8 Å². The molecule has 3 N–H and O–H groups in total. The molecule has 0 atom stereocenters. The summed E-state index contributed by atoms with van der Waals surface area (Å²) >= 11 is 0. The number of fused-ring (bicyclic) bond motifs is 1. The fraction of sp³-hybridized carbons (Fsp3) is 0.0952. The van der Waals surface area contributed by atoms with Gasteiger partial charge in [-0.2, -0.15) is 14.6 Å². The van der Waals surface area contributed by atoms with E-state index in [9.17, 15) is 5.11 Å². The van der Waals surface area contributed by atoms with Crippen LogP contribution in [-0.2, 0) is 5.60 Å². The van der Waals surface area contributed by atoms with Gasteiger partial charge >= 0.3 is 0 Å². The standard InChI is InChI=1S/C21H17N5O/c1-15-18(19(22)26-20(25-15)23-14-24-26)12-13-21(27,16-8-4-2-5-9-16)17-10-6-3-7-11-17/h2-11,14,27H,22H2,1H3. The van der Waals surface area contributed by atoms with Crippen molar-refractivity contribution < 1.29 is 5.11 Å². The SMILES string of the molecule is Cc1nc2ncnn2c(N)c1C#CC(O)(c1ccccc1)c1ccccc1. The maximum Gasteiger partial charge on any atom is 0.254 e. The van der Waals surface area contributed by atoms with Crippen molar-refractivity contribution in [2.24, 2.45) is 0 Å². The maximum absolute atomic E-state index is 11.5. The lowest BCUT2D eigenvalue weighted by atomic mass is 9.86. The van der Waals surface area contributed by atoms with Crippen molar-refractivity contribution >= 4 is 11.6 Å². The van der Waals surface area contributed by atoms with E-state index in [4.69, 9.17) is 5.73 Å². The number of nitrogens with two attached hydrogens (primary N) is 1. The topological polar surface area (TPSA) is 89.3 Å². The smallest absolute Gasteiger partial charge is 0.254 e. The van der Waals surface area contributed by atoms with Crippen molar-refractivity contribution in [3.8, 4) is 11.8 Å². The summed E-state index contributed by atoms with van der Waals surface area (Å²) in [7, 11) is 0. The highest BCUT2D eigenvalue weighted by atomic mass is 16.3. The number of rotatable bonds is 2. The molecule has 0 aliphatic rings. The molecule has 0 unspecified atom stereocenters. The second-order valence-electron chi connectivity index (χ2n) is 6.12. The van der Waals surface area contributed by atoms with E-state index >= 15 is 0 Å². The second-order valence-corrected chi connectivity index (χ2v) is 6.12. The Bertz CT molecular complexity index is 1120. The Morgan fingerprint density at radius 2 is 1.59 bits per heavy atom. The number of nitrogen functional groups attached to an aromatic ring is 1. The van der Waals surface area contributed by atoms with E-state index in [1.54, 1.807) is 6.92 Å². The fourth-order valence-electron chi connectivity index (χ4n) is 2.96. The molecule has 0 aliphatic heterocycles. The number of aromatic nitrogens is 4. The monoisotopic (exact) mass is 355 g/mol. The third-order valence-corrected chi connectivity index (χ3v) is 4.40. The van der Waals surface area contributed by atoms with Gasteiger partial charge in [0.25, 0.3) is 5.78 Å².